The van der Waals surface area contributed by atoms with Crippen molar-refractivity contribution in [1.29, 1.82) is 0 Å². The van der Waals surface area contributed by atoms with Gasteiger partial charge in [-0.2, -0.15) is 0 Å². The first-order valence-electron chi connectivity index (χ1n) is 11.6. The van der Waals surface area contributed by atoms with Gasteiger partial charge in [0.15, 0.2) is 11.5 Å². The molecule has 0 unspecified atom stereocenters. The number of benzene rings is 3. The molecule has 1 aliphatic carbocycles. The first-order chi connectivity index (χ1) is 17.4. The van der Waals surface area contributed by atoms with Gasteiger partial charge in [0.05, 0.1) is 11.1 Å². The number of carbonyl (C=O) groups excluding carboxylic acids is 1. The summed E-state index contributed by atoms with van der Waals surface area (Å²) in [6, 6.07) is 22.4. The van der Waals surface area contributed by atoms with Crippen LogP contribution in [0.4, 0.5) is 14.6 Å². The average molecular weight is 488 g/mol. The second-order valence-corrected chi connectivity index (χ2v) is 9.22. The normalized spacial score (nSPS) is 16.8. The Morgan fingerprint density at radius 3 is 2.64 bits per heavy atom. The number of H-pyrrole nitrogens is 1. The molecule has 0 spiro atoms. The zero-order chi connectivity index (χ0) is 24.5. The van der Waals surface area contributed by atoms with Crippen LogP contribution in [-0.2, 0) is 10.2 Å². The molecule has 8 heteroatoms. The van der Waals surface area contributed by atoms with E-state index in [4.69, 9.17) is 4.98 Å². The number of alkyl halides is 2. The van der Waals surface area contributed by atoms with Gasteiger partial charge < -0.3 is 19.8 Å². The van der Waals surface area contributed by atoms with Gasteiger partial charge in [-0.1, -0.05) is 36.4 Å². The fraction of sp³-hybridized carbons (Fsp3) is 0.143. The van der Waals surface area contributed by atoms with Crippen LogP contribution < -0.4 is 14.8 Å². The zero-order valence-corrected chi connectivity index (χ0v) is 18.8. The van der Waals surface area contributed by atoms with Crippen LogP contribution in [0.2, 0.25) is 0 Å². The number of carbonyl (C=O) groups is 1. The molecule has 1 saturated carbocycles. The molecule has 7 rings (SSSR count). The standard InChI is InChI=1S/C28H19F2N3O3.2H2/c29-28(30)35-22-8-6-19(15-23(22)36-28)27(10-11-27)26(34)33-24-14-16-3-1-2-4-20(16)25(32-24)18-5-7-21-17(13-18)9-12-31-21;;/h1-9,12-15,31H,10-11H2,(H,32,33,34);2*1H. The summed E-state index contributed by atoms with van der Waals surface area (Å²) in [6.07, 6.45) is -0.614. The molecule has 0 atom stereocenters. The van der Waals surface area contributed by atoms with Crippen molar-refractivity contribution in [3.8, 4) is 22.8 Å². The molecule has 36 heavy (non-hydrogen) atoms. The lowest BCUT2D eigenvalue weighted by Crippen LogP contribution is -2.28. The number of aromatic nitrogens is 2. The predicted octanol–water partition coefficient (Wildman–Crippen LogP) is 6.87. The fourth-order valence-corrected chi connectivity index (χ4v) is 4.94. The molecule has 1 amide bonds. The van der Waals surface area contributed by atoms with Crippen molar-refractivity contribution < 1.29 is 25.9 Å². The van der Waals surface area contributed by atoms with Gasteiger partial charge in [0, 0.05) is 30.9 Å². The minimum absolute atomic E-state index is 0. The molecule has 0 bridgehead atoms. The summed E-state index contributed by atoms with van der Waals surface area (Å²) in [5.74, 6) is 0.0902. The van der Waals surface area contributed by atoms with Crippen LogP contribution in [0.5, 0.6) is 11.5 Å². The van der Waals surface area contributed by atoms with E-state index >= 15 is 0 Å². The number of hydrogen-bond donors (Lipinski definition) is 2. The molecule has 2 N–H and O–H groups in total. The van der Waals surface area contributed by atoms with E-state index in [1.54, 1.807) is 6.07 Å². The Kier molecular flexibility index (Phi) is 4.22. The molecule has 0 saturated heterocycles. The van der Waals surface area contributed by atoms with Gasteiger partial charge in [0.2, 0.25) is 5.91 Å². The second kappa shape index (κ2) is 7.27. The van der Waals surface area contributed by atoms with E-state index in [0.717, 1.165) is 32.9 Å². The third kappa shape index (κ3) is 3.29. The number of amides is 1. The van der Waals surface area contributed by atoms with Crippen LogP contribution in [0.3, 0.4) is 0 Å². The number of aromatic amines is 1. The Hall–Kier alpha value is -4.46. The largest absolute Gasteiger partial charge is 0.586 e. The molecule has 5 aromatic rings. The summed E-state index contributed by atoms with van der Waals surface area (Å²) in [5, 5.41) is 5.97. The van der Waals surface area contributed by atoms with Crippen molar-refractivity contribution in [3.63, 3.8) is 0 Å². The highest BCUT2D eigenvalue weighted by molar-refractivity contribution is 6.04. The smallest absolute Gasteiger partial charge is 0.395 e. The fourth-order valence-electron chi connectivity index (χ4n) is 4.94. The highest BCUT2D eigenvalue weighted by atomic mass is 19.3. The van der Waals surface area contributed by atoms with E-state index in [2.05, 4.69) is 25.8 Å². The summed E-state index contributed by atoms with van der Waals surface area (Å²) in [7, 11) is 0. The number of anilines is 1. The third-order valence-corrected chi connectivity index (χ3v) is 6.95. The molecule has 3 aromatic carbocycles. The van der Waals surface area contributed by atoms with E-state index < -0.39 is 11.7 Å². The van der Waals surface area contributed by atoms with Crippen molar-refractivity contribution in [1.82, 2.24) is 9.97 Å². The van der Waals surface area contributed by atoms with E-state index in [0.29, 0.717) is 24.2 Å². The SMILES string of the molecule is O=C(Nc1cc2ccccc2c(-c2ccc3[nH]ccc3c2)n1)C1(c2ccc3c(c2)OC(F)(F)O3)CC1.[HH].[HH]. The molecule has 1 fully saturated rings. The summed E-state index contributed by atoms with van der Waals surface area (Å²) in [4.78, 5) is 21.5. The Morgan fingerprint density at radius 1 is 0.944 bits per heavy atom. The minimum atomic E-state index is -3.70. The highest BCUT2D eigenvalue weighted by Gasteiger charge is 2.53. The van der Waals surface area contributed by atoms with Crippen molar-refractivity contribution >= 4 is 33.4 Å². The molecule has 0 radical (unpaired) electrons. The van der Waals surface area contributed by atoms with Gasteiger partial charge in [0.1, 0.15) is 5.82 Å². The quantitative estimate of drug-likeness (QED) is 0.290. The summed E-state index contributed by atoms with van der Waals surface area (Å²) >= 11 is 0. The molecule has 3 heterocycles. The third-order valence-electron chi connectivity index (χ3n) is 6.95. The Bertz CT molecular complexity index is 1700. The van der Waals surface area contributed by atoms with Gasteiger partial charge in [-0.05, 0) is 60.2 Å². The highest BCUT2D eigenvalue weighted by Crippen LogP contribution is 2.52. The van der Waals surface area contributed by atoms with Crippen LogP contribution in [0.1, 0.15) is 21.3 Å². The molecular formula is C28H23F2N3O3. The van der Waals surface area contributed by atoms with Crippen LogP contribution in [0.15, 0.2) is 79.0 Å². The predicted molar refractivity (Wildman–Crippen MR) is 135 cm³/mol. The van der Waals surface area contributed by atoms with Gasteiger partial charge in [-0.3, -0.25) is 4.79 Å². The van der Waals surface area contributed by atoms with Crippen molar-refractivity contribution in [2.45, 2.75) is 24.6 Å². The molecule has 6 nitrogen and oxygen atoms in total. The van der Waals surface area contributed by atoms with Gasteiger partial charge >= 0.3 is 6.29 Å². The van der Waals surface area contributed by atoms with Crippen molar-refractivity contribution in [3.05, 3.63) is 84.6 Å². The first kappa shape index (κ1) is 20.9. The molecule has 2 aliphatic rings. The topological polar surface area (TPSA) is 76.2 Å². The maximum Gasteiger partial charge on any atom is 0.586 e. The number of rotatable bonds is 4. The Labute approximate surface area is 206 Å². The summed E-state index contributed by atoms with van der Waals surface area (Å²) < 4.78 is 36.0. The van der Waals surface area contributed by atoms with E-state index in [-0.39, 0.29) is 20.3 Å². The minimum Gasteiger partial charge on any atom is -0.395 e. The lowest BCUT2D eigenvalue weighted by molar-refractivity contribution is -0.286. The van der Waals surface area contributed by atoms with Gasteiger partial charge in [-0.15, -0.1) is 8.78 Å². The maximum absolute atomic E-state index is 13.5. The number of hydrogen-bond acceptors (Lipinski definition) is 4. The number of halogens is 2. The van der Waals surface area contributed by atoms with Crippen molar-refractivity contribution in [2.75, 3.05) is 5.32 Å². The number of nitrogens with zero attached hydrogens (tertiary/aromatic N) is 1. The number of fused-ring (bicyclic) bond motifs is 3. The number of nitrogens with one attached hydrogen (secondary N) is 2. The van der Waals surface area contributed by atoms with Gasteiger partial charge in [-0.25, -0.2) is 4.98 Å². The van der Waals surface area contributed by atoms with E-state index in [1.165, 1.54) is 12.1 Å². The number of pyridine rings is 1. The Balaban J connectivity index is 0.00000147. The molecule has 1 aliphatic heterocycles. The lowest BCUT2D eigenvalue weighted by Gasteiger charge is -2.17. The van der Waals surface area contributed by atoms with E-state index in [9.17, 15) is 13.6 Å². The maximum atomic E-state index is 13.5. The number of ether oxygens (including phenoxy) is 2. The molecule has 182 valence electrons. The first-order valence-corrected chi connectivity index (χ1v) is 11.6. The molecule has 2 aromatic heterocycles. The van der Waals surface area contributed by atoms with Crippen LogP contribution in [0, 0.1) is 0 Å². The molecular weight excluding hydrogens is 464 g/mol. The van der Waals surface area contributed by atoms with Crippen molar-refractivity contribution in [2.24, 2.45) is 0 Å². The monoisotopic (exact) mass is 487 g/mol. The lowest BCUT2D eigenvalue weighted by atomic mass is 9.94. The Morgan fingerprint density at radius 2 is 1.78 bits per heavy atom. The average Bonchev–Trinajstić information content (AvgIpc) is 3.43. The zero-order valence-electron chi connectivity index (χ0n) is 18.8. The van der Waals surface area contributed by atoms with Crippen LogP contribution in [0.25, 0.3) is 32.9 Å². The second-order valence-electron chi connectivity index (χ2n) is 9.22. The summed E-state index contributed by atoms with van der Waals surface area (Å²) in [5.41, 5.74) is 2.52. The van der Waals surface area contributed by atoms with Crippen LogP contribution in [-0.4, -0.2) is 22.2 Å². The van der Waals surface area contributed by atoms with Gasteiger partial charge in [0.25, 0.3) is 0 Å². The van der Waals surface area contributed by atoms with E-state index in [1.807, 2.05) is 54.7 Å². The van der Waals surface area contributed by atoms with Crippen LogP contribution >= 0.6 is 0 Å². The summed E-state index contributed by atoms with van der Waals surface area (Å²) in [6.45, 7) is 0.